The second-order valence-corrected chi connectivity index (χ2v) is 6.07. The maximum atomic E-state index is 13.8. The molecule has 0 saturated heterocycles. The minimum Gasteiger partial charge on any atom is -0.347 e. The molecule has 1 aliphatic rings. The highest BCUT2D eigenvalue weighted by atomic mass is 19.1. The molecule has 0 spiro atoms. The van der Waals surface area contributed by atoms with E-state index in [2.05, 4.69) is 20.3 Å². The van der Waals surface area contributed by atoms with Gasteiger partial charge in [-0.15, -0.1) is 0 Å². The van der Waals surface area contributed by atoms with E-state index in [0.29, 0.717) is 24.2 Å². The fourth-order valence-corrected chi connectivity index (χ4v) is 3.04. The van der Waals surface area contributed by atoms with Gasteiger partial charge >= 0.3 is 0 Å². The van der Waals surface area contributed by atoms with Crippen LogP contribution in [0, 0.1) is 5.82 Å². The summed E-state index contributed by atoms with van der Waals surface area (Å²) in [4.78, 5) is 24.6. The highest BCUT2D eigenvalue weighted by Gasteiger charge is 2.33. The summed E-state index contributed by atoms with van der Waals surface area (Å²) in [5.41, 5.74) is 0.714. The van der Waals surface area contributed by atoms with Crippen molar-refractivity contribution in [2.75, 3.05) is 0 Å². The van der Waals surface area contributed by atoms with Crippen molar-refractivity contribution in [3.05, 3.63) is 72.5 Å². The van der Waals surface area contributed by atoms with Gasteiger partial charge in [0.15, 0.2) is 0 Å². The number of nitrogens with zero attached hydrogens (tertiary/aromatic N) is 4. The maximum absolute atomic E-state index is 13.8. The summed E-state index contributed by atoms with van der Waals surface area (Å²) in [5.74, 6) is 0.327. The molecule has 7 heteroatoms. The van der Waals surface area contributed by atoms with Gasteiger partial charge in [0.2, 0.25) is 5.82 Å². The third-order valence-corrected chi connectivity index (χ3v) is 4.43. The zero-order valence-electron chi connectivity index (χ0n) is 13.3. The Morgan fingerprint density at radius 2 is 2.04 bits per heavy atom. The molecule has 3 aromatic rings. The number of aromatic nitrogens is 4. The van der Waals surface area contributed by atoms with E-state index in [-0.39, 0.29) is 29.5 Å². The van der Waals surface area contributed by atoms with Crippen molar-refractivity contribution in [3.8, 4) is 5.82 Å². The Balaban J connectivity index is 1.39. The van der Waals surface area contributed by atoms with E-state index in [0.717, 1.165) is 0 Å². The molecule has 0 bridgehead atoms. The largest absolute Gasteiger partial charge is 0.347 e. The van der Waals surface area contributed by atoms with Gasteiger partial charge in [0.1, 0.15) is 18.0 Å². The summed E-state index contributed by atoms with van der Waals surface area (Å²) in [5, 5.41) is 2.91. The number of nitrogens with one attached hydrogen (secondary N) is 1. The Hall–Kier alpha value is -3.09. The topological polar surface area (TPSA) is 72.7 Å². The van der Waals surface area contributed by atoms with Gasteiger partial charge in [-0.25, -0.2) is 19.3 Å². The SMILES string of the molecule is O=C(NC1CC(c2ccccc2F)C1)c1nccc(-n2ccnc2)n1. The first kappa shape index (κ1) is 15.4. The molecule has 126 valence electrons. The first-order valence-corrected chi connectivity index (χ1v) is 8.07. The van der Waals surface area contributed by atoms with E-state index in [1.54, 1.807) is 47.7 Å². The number of carbonyl (C=O) groups is 1. The molecule has 1 fully saturated rings. The summed E-state index contributed by atoms with van der Waals surface area (Å²) in [6.07, 6.45) is 7.96. The third-order valence-electron chi connectivity index (χ3n) is 4.43. The molecule has 4 rings (SSSR count). The zero-order valence-corrected chi connectivity index (χ0v) is 13.3. The van der Waals surface area contributed by atoms with Crippen LogP contribution in [0.15, 0.2) is 55.2 Å². The third kappa shape index (κ3) is 3.13. The van der Waals surface area contributed by atoms with Crippen LogP contribution in [0.1, 0.15) is 34.9 Å². The van der Waals surface area contributed by atoms with Crippen LogP contribution >= 0.6 is 0 Å². The van der Waals surface area contributed by atoms with Crippen LogP contribution in [0.5, 0.6) is 0 Å². The number of hydrogen-bond donors (Lipinski definition) is 1. The van der Waals surface area contributed by atoms with Crippen LogP contribution in [-0.4, -0.2) is 31.5 Å². The summed E-state index contributed by atoms with van der Waals surface area (Å²) >= 11 is 0. The normalized spacial score (nSPS) is 19.2. The van der Waals surface area contributed by atoms with Gasteiger partial charge in [-0.3, -0.25) is 9.36 Å². The molecular formula is C18H16FN5O. The fourth-order valence-electron chi connectivity index (χ4n) is 3.04. The standard InChI is InChI=1S/C18H16FN5O/c19-15-4-2-1-3-14(15)12-9-13(10-12)22-18(25)17-21-6-5-16(23-17)24-8-7-20-11-24/h1-8,11-13H,9-10H2,(H,22,25). The predicted octanol–water partition coefficient (Wildman–Crippen LogP) is 2.48. The molecule has 1 amide bonds. The first-order chi connectivity index (χ1) is 12.2. The lowest BCUT2D eigenvalue weighted by Gasteiger charge is -2.36. The minimum absolute atomic E-state index is 0.0117. The van der Waals surface area contributed by atoms with E-state index < -0.39 is 0 Å². The Kier molecular flexibility index (Phi) is 3.97. The molecule has 25 heavy (non-hydrogen) atoms. The molecule has 1 saturated carbocycles. The predicted molar refractivity (Wildman–Crippen MR) is 88.8 cm³/mol. The smallest absolute Gasteiger partial charge is 0.289 e. The van der Waals surface area contributed by atoms with E-state index >= 15 is 0 Å². The van der Waals surface area contributed by atoms with Gasteiger partial charge < -0.3 is 5.32 Å². The number of benzene rings is 1. The van der Waals surface area contributed by atoms with E-state index in [9.17, 15) is 9.18 Å². The number of amides is 1. The van der Waals surface area contributed by atoms with Crippen molar-refractivity contribution in [2.45, 2.75) is 24.8 Å². The molecule has 2 aromatic heterocycles. The lowest BCUT2D eigenvalue weighted by atomic mass is 9.75. The molecular weight excluding hydrogens is 321 g/mol. The van der Waals surface area contributed by atoms with E-state index in [1.807, 2.05) is 6.07 Å². The molecule has 1 aliphatic carbocycles. The van der Waals surface area contributed by atoms with Crippen LogP contribution in [0.4, 0.5) is 4.39 Å². The molecule has 2 heterocycles. The van der Waals surface area contributed by atoms with E-state index in [4.69, 9.17) is 0 Å². The van der Waals surface area contributed by atoms with Gasteiger partial charge in [0, 0.05) is 24.6 Å². The first-order valence-electron chi connectivity index (χ1n) is 8.07. The Labute approximate surface area is 143 Å². The lowest BCUT2D eigenvalue weighted by molar-refractivity contribution is 0.0897. The highest BCUT2D eigenvalue weighted by Crippen LogP contribution is 2.37. The average Bonchev–Trinajstić information content (AvgIpc) is 3.13. The minimum atomic E-state index is -0.320. The molecule has 1 N–H and O–H groups in total. The van der Waals surface area contributed by atoms with Gasteiger partial charge in [-0.2, -0.15) is 0 Å². The van der Waals surface area contributed by atoms with Crippen LogP contribution in [-0.2, 0) is 0 Å². The molecule has 0 aliphatic heterocycles. The van der Waals surface area contributed by atoms with E-state index in [1.165, 1.54) is 6.07 Å². The van der Waals surface area contributed by atoms with Crippen molar-refractivity contribution in [1.82, 2.24) is 24.8 Å². The maximum Gasteiger partial charge on any atom is 0.289 e. The lowest BCUT2D eigenvalue weighted by Crippen LogP contribution is -2.44. The van der Waals surface area contributed by atoms with Crippen molar-refractivity contribution in [3.63, 3.8) is 0 Å². The second kappa shape index (κ2) is 6.43. The van der Waals surface area contributed by atoms with Crippen molar-refractivity contribution >= 4 is 5.91 Å². The fraction of sp³-hybridized carbons (Fsp3) is 0.222. The summed E-state index contributed by atoms with van der Waals surface area (Å²) in [7, 11) is 0. The second-order valence-electron chi connectivity index (χ2n) is 6.07. The summed E-state index contributed by atoms with van der Waals surface area (Å²) in [6.45, 7) is 0. The Bertz CT molecular complexity index is 890. The molecule has 0 radical (unpaired) electrons. The van der Waals surface area contributed by atoms with Crippen LogP contribution in [0.3, 0.4) is 0 Å². The molecule has 0 atom stereocenters. The van der Waals surface area contributed by atoms with Gasteiger partial charge in [0.25, 0.3) is 5.91 Å². The molecule has 6 nitrogen and oxygen atoms in total. The number of imidazole rings is 1. The van der Waals surface area contributed by atoms with Crippen molar-refractivity contribution in [2.24, 2.45) is 0 Å². The Morgan fingerprint density at radius 3 is 2.80 bits per heavy atom. The van der Waals surface area contributed by atoms with Gasteiger partial charge in [0.05, 0.1) is 0 Å². The average molecular weight is 337 g/mol. The van der Waals surface area contributed by atoms with Gasteiger partial charge in [-0.1, -0.05) is 18.2 Å². The quantitative estimate of drug-likeness (QED) is 0.794. The highest BCUT2D eigenvalue weighted by molar-refractivity contribution is 5.90. The number of halogens is 1. The Morgan fingerprint density at radius 1 is 1.20 bits per heavy atom. The number of carbonyl (C=O) groups excluding carboxylic acids is 1. The van der Waals surface area contributed by atoms with Crippen LogP contribution < -0.4 is 5.32 Å². The van der Waals surface area contributed by atoms with Crippen LogP contribution in [0.2, 0.25) is 0 Å². The summed E-state index contributed by atoms with van der Waals surface area (Å²) in [6, 6.07) is 8.50. The zero-order chi connectivity index (χ0) is 17.2. The number of hydrogen-bond acceptors (Lipinski definition) is 4. The molecule has 1 aromatic carbocycles. The van der Waals surface area contributed by atoms with Crippen molar-refractivity contribution in [1.29, 1.82) is 0 Å². The summed E-state index contributed by atoms with van der Waals surface area (Å²) < 4.78 is 15.5. The van der Waals surface area contributed by atoms with Crippen molar-refractivity contribution < 1.29 is 9.18 Å². The van der Waals surface area contributed by atoms with Crippen LogP contribution in [0.25, 0.3) is 5.82 Å². The van der Waals surface area contributed by atoms with Gasteiger partial charge in [-0.05, 0) is 36.5 Å². The number of rotatable bonds is 4. The molecule has 0 unspecified atom stereocenters. The monoisotopic (exact) mass is 337 g/mol.